The number of alkyl halides is 2. The van der Waals surface area contributed by atoms with E-state index in [2.05, 4.69) is 15.0 Å². The molecule has 0 aliphatic carbocycles. The first-order chi connectivity index (χ1) is 10.1. The van der Waals surface area contributed by atoms with Crippen LogP contribution in [0.15, 0.2) is 48.8 Å². The van der Waals surface area contributed by atoms with Gasteiger partial charge in [-0.3, -0.25) is 9.78 Å². The number of amides is 1. The summed E-state index contributed by atoms with van der Waals surface area (Å²) in [5.74, 6) is -0.0779. The lowest BCUT2D eigenvalue weighted by molar-refractivity contribution is -0.120. The predicted octanol–water partition coefficient (Wildman–Crippen LogP) is 2.54. The molecule has 1 N–H and O–H groups in total. The number of benzene rings is 1. The van der Waals surface area contributed by atoms with Crippen molar-refractivity contribution in [3.63, 3.8) is 0 Å². The standard InChI is InChI=1S/C15H14F2N2O2/c16-15(17)21-13-5-3-11(4-6-13)8-14(20)19-10-12-2-1-7-18-9-12/h1-7,9,15H,8,10H2,(H,19,20). The molecule has 0 unspecified atom stereocenters. The van der Waals surface area contributed by atoms with Crippen molar-refractivity contribution >= 4 is 5.91 Å². The lowest BCUT2D eigenvalue weighted by Crippen LogP contribution is -2.24. The molecule has 0 atom stereocenters. The van der Waals surface area contributed by atoms with E-state index >= 15 is 0 Å². The predicted molar refractivity (Wildman–Crippen MR) is 72.9 cm³/mol. The maximum Gasteiger partial charge on any atom is 0.387 e. The highest BCUT2D eigenvalue weighted by atomic mass is 19.3. The number of pyridine rings is 1. The summed E-state index contributed by atoms with van der Waals surface area (Å²) in [4.78, 5) is 15.7. The van der Waals surface area contributed by atoms with Gasteiger partial charge in [0, 0.05) is 18.9 Å². The molecule has 0 radical (unpaired) electrons. The lowest BCUT2D eigenvalue weighted by atomic mass is 10.1. The SMILES string of the molecule is O=C(Cc1ccc(OC(F)F)cc1)NCc1cccnc1. The molecule has 0 fully saturated rings. The number of carbonyl (C=O) groups is 1. The minimum atomic E-state index is -2.85. The van der Waals surface area contributed by atoms with Crippen LogP contribution in [0.1, 0.15) is 11.1 Å². The third-order valence-corrected chi connectivity index (χ3v) is 2.73. The summed E-state index contributed by atoms with van der Waals surface area (Å²) >= 11 is 0. The first kappa shape index (κ1) is 14.9. The van der Waals surface area contributed by atoms with Crippen molar-refractivity contribution in [1.82, 2.24) is 10.3 Å². The van der Waals surface area contributed by atoms with Crippen LogP contribution in [0.5, 0.6) is 5.75 Å². The smallest absolute Gasteiger partial charge is 0.387 e. The molecule has 0 spiro atoms. The molecule has 0 saturated carbocycles. The molecular weight excluding hydrogens is 278 g/mol. The number of nitrogens with one attached hydrogen (secondary N) is 1. The molecule has 0 bridgehead atoms. The number of halogens is 2. The molecule has 1 aromatic heterocycles. The number of nitrogens with zero attached hydrogens (tertiary/aromatic N) is 1. The van der Waals surface area contributed by atoms with E-state index in [0.29, 0.717) is 6.54 Å². The van der Waals surface area contributed by atoms with Gasteiger partial charge in [-0.05, 0) is 29.3 Å². The van der Waals surface area contributed by atoms with Gasteiger partial charge in [0.15, 0.2) is 0 Å². The highest BCUT2D eigenvalue weighted by Gasteiger charge is 2.06. The fraction of sp³-hybridized carbons (Fsp3) is 0.200. The Morgan fingerprint density at radius 2 is 1.95 bits per heavy atom. The summed E-state index contributed by atoms with van der Waals surface area (Å²) in [6.45, 7) is -2.45. The summed E-state index contributed by atoms with van der Waals surface area (Å²) in [5, 5.41) is 2.76. The van der Waals surface area contributed by atoms with E-state index in [9.17, 15) is 13.6 Å². The third kappa shape index (κ3) is 5.18. The van der Waals surface area contributed by atoms with Gasteiger partial charge in [0.1, 0.15) is 5.75 Å². The Labute approximate surface area is 120 Å². The molecule has 110 valence electrons. The van der Waals surface area contributed by atoms with E-state index in [4.69, 9.17) is 0 Å². The van der Waals surface area contributed by atoms with Crippen LogP contribution in [0.25, 0.3) is 0 Å². The average Bonchev–Trinajstić information content (AvgIpc) is 2.48. The maximum atomic E-state index is 12.0. The van der Waals surface area contributed by atoms with Crippen molar-refractivity contribution in [3.8, 4) is 5.75 Å². The Balaban J connectivity index is 1.82. The molecule has 0 saturated heterocycles. The van der Waals surface area contributed by atoms with Gasteiger partial charge in [0.25, 0.3) is 0 Å². The average molecular weight is 292 g/mol. The van der Waals surface area contributed by atoms with Crippen LogP contribution in [0.2, 0.25) is 0 Å². The number of carbonyl (C=O) groups excluding carboxylic acids is 1. The zero-order valence-corrected chi connectivity index (χ0v) is 11.1. The molecule has 2 rings (SSSR count). The fourth-order valence-corrected chi connectivity index (χ4v) is 1.74. The Morgan fingerprint density at radius 1 is 1.19 bits per heavy atom. The maximum absolute atomic E-state index is 12.0. The first-order valence-corrected chi connectivity index (χ1v) is 6.33. The number of aromatic nitrogens is 1. The van der Waals surface area contributed by atoms with E-state index < -0.39 is 6.61 Å². The van der Waals surface area contributed by atoms with Crippen molar-refractivity contribution in [2.75, 3.05) is 0 Å². The monoisotopic (exact) mass is 292 g/mol. The van der Waals surface area contributed by atoms with Crippen molar-refractivity contribution in [2.24, 2.45) is 0 Å². The Kier molecular flexibility index (Phi) is 5.20. The van der Waals surface area contributed by atoms with Gasteiger partial charge in [-0.25, -0.2) is 0 Å². The molecule has 0 aliphatic heterocycles. The molecule has 1 amide bonds. The number of hydrogen-bond acceptors (Lipinski definition) is 3. The van der Waals surface area contributed by atoms with Gasteiger partial charge in [-0.15, -0.1) is 0 Å². The summed E-state index contributed by atoms with van der Waals surface area (Å²) in [5.41, 5.74) is 1.63. The molecule has 1 aromatic carbocycles. The summed E-state index contributed by atoms with van der Waals surface area (Å²) in [6.07, 6.45) is 3.51. The molecule has 4 nitrogen and oxygen atoms in total. The second kappa shape index (κ2) is 7.33. The van der Waals surface area contributed by atoms with Crippen LogP contribution in [-0.2, 0) is 17.8 Å². The summed E-state index contributed by atoms with van der Waals surface area (Å²) < 4.78 is 28.2. The Bertz CT molecular complexity index is 574. The molecule has 21 heavy (non-hydrogen) atoms. The Hall–Kier alpha value is -2.50. The van der Waals surface area contributed by atoms with Crippen molar-refractivity contribution < 1.29 is 18.3 Å². The zero-order valence-electron chi connectivity index (χ0n) is 11.1. The van der Waals surface area contributed by atoms with Gasteiger partial charge in [0.2, 0.25) is 5.91 Å². The van der Waals surface area contributed by atoms with E-state index in [1.165, 1.54) is 12.1 Å². The summed E-state index contributed by atoms with van der Waals surface area (Å²) in [7, 11) is 0. The highest BCUT2D eigenvalue weighted by molar-refractivity contribution is 5.78. The fourth-order valence-electron chi connectivity index (χ4n) is 1.74. The highest BCUT2D eigenvalue weighted by Crippen LogP contribution is 2.15. The van der Waals surface area contributed by atoms with Crippen LogP contribution < -0.4 is 10.1 Å². The van der Waals surface area contributed by atoms with Crippen molar-refractivity contribution in [1.29, 1.82) is 0 Å². The van der Waals surface area contributed by atoms with Crippen molar-refractivity contribution in [3.05, 3.63) is 59.9 Å². The van der Waals surface area contributed by atoms with Crippen LogP contribution >= 0.6 is 0 Å². The molecule has 6 heteroatoms. The largest absolute Gasteiger partial charge is 0.435 e. The quantitative estimate of drug-likeness (QED) is 0.890. The molecule has 0 aliphatic rings. The molecule has 1 heterocycles. The minimum absolute atomic E-state index is 0.0736. The number of hydrogen-bond donors (Lipinski definition) is 1. The van der Waals surface area contributed by atoms with E-state index in [-0.39, 0.29) is 18.1 Å². The van der Waals surface area contributed by atoms with E-state index in [1.54, 1.807) is 30.6 Å². The number of ether oxygens (including phenoxy) is 1. The van der Waals surface area contributed by atoms with Gasteiger partial charge in [0.05, 0.1) is 6.42 Å². The zero-order chi connectivity index (χ0) is 15.1. The summed E-state index contributed by atoms with van der Waals surface area (Å²) in [6, 6.07) is 9.65. The van der Waals surface area contributed by atoms with Gasteiger partial charge in [-0.2, -0.15) is 8.78 Å². The van der Waals surface area contributed by atoms with Gasteiger partial charge >= 0.3 is 6.61 Å². The topological polar surface area (TPSA) is 51.2 Å². The minimum Gasteiger partial charge on any atom is -0.435 e. The lowest BCUT2D eigenvalue weighted by Gasteiger charge is -2.07. The van der Waals surface area contributed by atoms with Crippen LogP contribution in [-0.4, -0.2) is 17.5 Å². The normalized spacial score (nSPS) is 10.4. The van der Waals surface area contributed by atoms with Crippen LogP contribution in [0.3, 0.4) is 0 Å². The van der Waals surface area contributed by atoms with Crippen LogP contribution in [0, 0.1) is 0 Å². The second-order valence-electron chi connectivity index (χ2n) is 4.34. The van der Waals surface area contributed by atoms with Crippen LogP contribution in [0.4, 0.5) is 8.78 Å². The molecule has 2 aromatic rings. The third-order valence-electron chi connectivity index (χ3n) is 2.73. The van der Waals surface area contributed by atoms with E-state index in [1.807, 2.05) is 6.07 Å². The first-order valence-electron chi connectivity index (χ1n) is 6.33. The molecular formula is C15H14F2N2O2. The second-order valence-corrected chi connectivity index (χ2v) is 4.34. The van der Waals surface area contributed by atoms with Crippen molar-refractivity contribution in [2.45, 2.75) is 19.6 Å². The Morgan fingerprint density at radius 3 is 2.57 bits per heavy atom. The number of rotatable bonds is 6. The van der Waals surface area contributed by atoms with Gasteiger partial charge < -0.3 is 10.1 Å². The van der Waals surface area contributed by atoms with E-state index in [0.717, 1.165) is 11.1 Å². The van der Waals surface area contributed by atoms with Gasteiger partial charge in [-0.1, -0.05) is 18.2 Å².